The van der Waals surface area contributed by atoms with Gasteiger partial charge in [-0.25, -0.2) is 0 Å². The molecule has 0 rings (SSSR count). The first-order valence-corrected chi connectivity index (χ1v) is 8.92. The lowest BCUT2D eigenvalue weighted by Crippen LogP contribution is -2.29. The van der Waals surface area contributed by atoms with Crippen LogP contribution in [0.2, 0.25) is 0 Å². The maximum Gasteiger partial charge on any atom is 0.331 e. The molecule has 0 aromatic rings. The molecule has 0 aliphatic rings. The van der Waals surface area contributed by atoms with Gasteiger partial charge in [-0.2, -0.15) is 0 Å². The summed E-state index contributed by atoms with van der Waals surface area (Å²) in [7, 11) is -2.87. The van der Waals surface area contributed by atoms with Crippen LogP contribution >= 0.6 is 20.0 Å². The smallest absolute Gasteiger partial charge is 0.314 e. The molecular formula is C13H31ClNO3P. The van der Waals surface area contributed by atoms with Gasteiger partial charge in [0, 0.05) is 12.6 Å². The Labute approximate surface area is 125 Å². The Kier molecular flexibility index (Phi) is 15.3. The summed E-state index contributed by atoms with van der Waals surface area (Å²) < 4.78 is 22.7. The van der Waals surface area contributed by atoms with Crippen LogP contribution in [0.15, 0.2) is 0 Å². The Morgan fingerprint density at radius 2 is 1.68 bits per heavy atom. The second kappa shape index (κ2) is 13.4. The van der Waals surface area contributed by atoms with Gasteiger partial charge >= 0.3 is 7.60 Å². The second-order valence-electron chi connectivity index (χ2n) is 4.52. The van der Waals surface area contributed by atoms with Crippen molar-refractivity contribution in [3.8, 4) is 0 Å². The van der Waals surface area contributed by atoms with Crippen molar-refractivity contribution < 1.29 is 13.6 Å². The molecule has 0 spiro atoms. The van der Waals surface area contributed by atoms with E-state index in [0.29, 0.717) is 32.0 Å². The second-order valence-corrected chi connectivity index (χ2v) is 6.71. The van der Waals surface area contributed by atoms with Crippen LogP contribution in [-0.2, 0) is 13.6 Å². The quantitative estimate of drug-likeness (QED) is 0.432. The summed E-state index contributed by atoms with van der Waals surface area (Å²) in [4.78, 5) is 0. The highest BCUT2D eigenvalue weighted by Gasteiger charge is 2.22. The zero-order chi connectivity index (χ0) is 13.9. The van der Waals surface area contributed by atoms with Crippen LogP contribution in [0.5, 0.6) is 0 Å². The average Bonchev–Trinajstić information content (AvgIpc) is 2.30. The molecule has 0 unspecified atom stereocenters. The third-order valence-corrected chi connectivity index (χ3v) is 4.85. The van der Waals surface area contributed by atoms with Gasteiger partial charge in [0.25, 0.3) is 0 Å². The van der Waals surface area contributed by atoms with Gasteiger partial charge in [0.1, 0.15) is 0 Å². The van der Waals surface area contributed by atoms with Gasteiger partial charge in [-0.15, -0.1) is 12.4 Å². The summed E-state index contributed by atoms with van der Waals surface area (Å²) in [5, 5.41) is 3.38. The molecule has 19 heavy (non-hydrogen) atoms. The molecule has 6 heteroatoms. The van der Waals surface area contributed by atoms with E-state index >= 15 is 0 Å². The van der Waals surface area contributed by atoms with Gasteiger partial charge in [0.15, 0.2) is 0 Å². The van der Waals surface area contributed by atoms with E-state index in [1.165, 1.54) is 25.7 Å². The Bertz CT molecular complexity index is 232. The summed E-state index contributed by atoms with van der Waals surface area (Å²) in [5.41, 5.74) is 0. The van der Waals surface area contributed by atoms with Crippen LogP contribution in [0.4, 0.5) is 0 Å². The molecule has 0 saturated heterocycles. The van der Waals surface area contributed by atoms with Gasteiger partial charge in [-0.1, -0.05) is 26.2 Å². The first-order chi connectivity index (χ1) is 8.58. The normalized spacial score (nSPS) is 13.1. The molecule has 0 saturated carbocycles. The molecule has 118 valence electrons. The van der Waals surface area contributed by atoms with Gasteiger partial charge in [0.2, 0.25) is 0 Å². The fraction of sp³-hybridized carbons (Fsp3) is 1.00. The zero-order valence-corrected chi connectivity index (χ0v) is 14.5. The van der Waals surface area contributed by atoms with E-state index in [9.17, 15) is 4.57 Å². The van der Waals surface area contributed by atoms with Gasteiger partial charge in [-0.05, 0) is 27.2 Å². The Balaban J connectivity index is 0. The Morgan fingerprint density at radius 3 is 2.16 bits per heavy atom. The topological polar surface area (TPSA) is 47.6 Å². The summed E-state index contributed by atoms with van der Waals surface area (Å²) in [5.74, 6) is 0. The third kappa shape index (κ3) is 11.9. The molecule has 4 nitrogen and oxygen atoms in total. The number of hydrogen-bond donors (Lipinski definition) is 1. The number of rotatable bonds is 12. The molecule has 0 aromatic carbocycles. The van der Waals surface area contributed by atoms with Crippen LogP contribution in [-0.4, -0.2) is 32.0 Å². The lowest BCUT2D eigenvalue weighted by molar-refractivity contribution is 0.220. The van der Waals surface area contributed by atoms with Crippen molar-refractivity contribution in [2.45, 2.75) is 59.4 Å². The number of unbranched alkanes of at least 4 members (excludes halogenated alkanes) is 2. The van der Waals surface area contributed by atoms with Crippen LogP contribution in [0.3, 0.4) is 0 Å². The van der Waals surface area contributed by atoms with Gasteiger partial charge in [0.05, 0.1) is 19.4 Å². The highest BCUT2D eigenvalue weighted by molar-refractivity contribution is 7.53. The third-order valence-electron chi connectivity index (χ3n) is 2.77. The predicted molar refractivity (Wildman–Crippen MR) is 84.6 cm³/mol. The lowest BCUT2D eigenvalue weighted by atomic mass is 10.1. The number of hydrogen-bond acceptors (Lipinski definition) is 4. The number of nitrogens with one attached hydrogen (secondary N) is 1. The van der Waals surface area contributed by atoms with Crippen molar-refractivity contribution >= 4 is 20.0 Å². The number of halogens is 1. The maximum atomic E-state index is 12.2. The fourth-order valence-electron chi connectivity index (χ4n) is 1.81. The van der Waals surface area contributed by atoms with E-state index in [4.69, 9.17) is 9.05 Å². The summed E-state index contributed by atoms with van der Waals surface area (Å²) in [6.45, 7) is 9.61. The highest BCUT2D eigenvalue weighted by Crippen LogP contribution is 2.47. The van der Waals surface area contributed by atoms with Gasteiger partial charge in [-0.3, -0.25) is 4.57 Å². The molecular weight excluding hydrogens is 285 g/mol. The first-order valence-electron chi connectivity index (χ1n) is 7.19. The molecule has 0 aromatic heterocycles. The minimum atomic E-state index is -2.87. The van der Waals surface area contributed by atoms with E-state index in [1.807, 2.05) is 13.8 Å². The minimum absolute atomic E-state index is 0. The molecule has 0 bridgehead atoms. The molecule has 0 aliphatic carbocycles. The Hall–Kier alpha value is 0.400. The zero-order valence-electron chi connectivity index (χ0n) is 12.8. The van der Waals surface area contributed by atoms with Crippen molar-refractivity contribution in [1.29, 1.82) is 0 Å². The van der Waals surface area contributed by atoms with Crippen LogP contribution < -0.4 is 5.32 Å². The van der Waals surface area contributed by atoms with Crippen LogP contribution in [0.25, 0.3) is 0 Å². The summed E-state index contributed by atoms with van der Waals surface area (Å²) in [6.07, 6.45) is 5.40. The Morgan fingerprint density at radius 1 is 1.11 bits per heavy atom. The van der Waals surface area contributed by atoms with E-state index in [2.05, 4.69) is 19.2 Å². The largest absolute Gasteiger partial charge is 0.331 e. The predicted octanol–water partition coefficient (Wildman–Crippen LogP) is 4.23. The minimum Gasteiger partial charge on any atom is -0.314 e. The summed E-state index contributed by atoms with van der Waals surface area (Å²) in [6, 6.07) is 0.466. The van der Waals surface area contributed by atoms with Crippen molar-refractivity contribution in [2.24, 2.45) is 0 Å². The average molecular weight is 316 g/mol. The van der Waals surface area contributed by atoms with Gasteiger partial charge < -0.3 is 14.4 Å². The van der Waals surface area contributed by atoms with E-state index in [0.717, 1.165) is 0 Å². The SMILES string of the molecule is CCCCC[C@@H](C)NCCP(=O)(OCC)OCC.Cl. The summed E-state index contributed by atoms with van der Waals surface area (Å²) >= 11 is 0. The van der Waals surface area contributed by atoms with E-state index in [-0.39, 0.29) is 12.4 Å². The van der Waals surface area contributed by atoms with Crippen LogP contribution in [0, 0.1) is 0 Å². The van der Waals surface area contributed by atoms with Crippen LogP contribution in [0.1, 0.15) is 53.4 Å². The first kappa shape index (κ1) is 21.7. The molecule has 0 aliphatic heterocycles. The van der Waals surface area contributed by atoms with Crippen molar-refractivity contribution in [3.05, 3.63) is 0 Å². The van der Waals surface area contributed by atoms with Crippen molar-refractivity contribution in [2.75, 3.05) is 25.9 Å². The van der Waals surface area contributed by atoms with E-state index in [1.54, 1.807) is 0 Å². The highest BCUT2D eigenvalue weighted by atomic mass is 35.5. The van der Waals surface area contributed by atoms with Crippen molar-refractivity contribution in [1.82, 2.24) is 5.32 Å². The van der Waals surface area contributed by atoms with Crippen molar-refractivity contribution in [3.63, 3.8) is 0 Å². The molecule has 0 heterocycles. The molecule has 0 amide bonds. The molecule has 0 radical (unpaired) electrons. The standard InChI is InChI=1S/C13H30NO3P.ClH/c1-5-8-9-10-13(4)14-11-12-18(15,16-6-2)17-7-3;/h13-14H,5-12H2,1-4H3;1H/t13-;/m1./s1. The fourth-order valence-corrected chi connectivity index (χ4v) is 3.33. The monoisotopic (exact) mass is 315 g/mol. The molecule has 1 N–H and O–H groups in total. The molecule has 1 atom stereocenters. The maximum absolute atomic E-state index is 12.2. The lowest BCUT2D eigenvalue weighted by Gasteiger charge is -2.19. The molecule has 0 fully saturated rings. The van der Waals surface area contributed by atoms with E-state index < -0.39 is 7.60 Å².